The van der Waals surface area contributed by atoms with Crippen LogP contribution < -0.4 is 10.3 Å². The predicted molar refractivity (Wildman–Crippen MR) is 80.1 cm³/mol. The highest BCUT2D eigenvalue weighted by molar-refractivity contribution is 5.82. The van der Waals surface area contributed by atoms with Gasteiger partial charge in [-0.05, 0) is 47.3 Å². The minimum absolute atomic E-state index is 0.105. The Morgan fingerprint density at radius 3 is 2.67 bits per heavy atom. The van der Waals surface area contributed by atoms with E-state index in [1.165, 1.54) is 0 Å². The molecule has 3 aromatic rings. The summed E-state index contributed by atoms with van der Waals surface area (Å²) in [5.41, 5.74) is 1.51. The van der Waals surface area contributed by atoms with Crippen molar-refractivity contribution in [3.05, 3.63) is 76.2 Å². The predicted octanol–water partition coefficient (Wildman–Crippen LogP) is 2.98. The molecule has 1 heterocycles. The molecule has 0 aliphatic rings. The summed E-state index contributed by atoms with van der Waals surface area (Å²) < 4.78 is 5.72. The first-order chi connectivity index (χ1) is 10.3. The molecule has 0 fully saturated rings. The molecule has 1 aromatic heterocycles. The molecule has 2 aromatic carbocycles. The number of H-pyrrole nitrogens is 1. The second-order valence-electron chi connectivity index (χ2n) is 4.65. The fraction of sp³-hybridized carbons (Fsp3) is 0.0588. The van der Waals surface area contributed by atoms with E-state index < -0.39 is 0 Å². The SMILES string of the molecule is N#Cc1ccc(COc2ccc3c(=O)[nH]ccc3c2)cc1. The van der Waals surface area contributed by atoms with E-state index in [2.05, 4.69) is 11.1 Å². The normalized spacial score (nSPS) is 10.2. The summed E-state index contributed by atoms with van der Waals surface area (Å²) in [6.45, 7) is 0.417. The van der Waals surface area contributed by atoms with Crippen molar-refractivity contribution in [3.8, 4) is 11.8 Å². The summed E-state index contributed by atoms with van der Waals surface area (Å²) in [7, 11) is 0. The van der Waals surface area contributed by atoms with Crippen molar-refractivity contribution in [2.75, 3.05) is 0 Å². The molecule has 102 valence electrons. The monoisotopic (exact) mass is 276 g/mol. The molecule has 0 unspecified atom stereocenters. The summed E-state index contributed by atoms with van der Waals surface area (Å²) in [6, 6.07) is 16.5. The fourth-order valence-corrected chi connectivity index (χ4v) is 2.10. The van der Waals surface area contributed by atoms with E-state index in [1.807, 2.05) is 24.3 Å². The molecule has 0 amide bonds. The largest absolute Gasteiger partial charge is 0.489 e. The van der Waals surface area contributed by atoms with Crippen LogP contribution in [0.4, 0.5) is 0 Å². The lowest BCUT2D eigenvalue weighted by molar-refractivity contribution is 0.306. The topological polar surface area (TPSA) is 65.9 Å². The highest BCUT2D eigenvalue weighted by atomic mass is 16.5. The first kappa shape index (κ1) is 12.9. The van der Waals surface area contributed by atoms with Crippen molar-refractivity contribution >= 4 is 10.8 Å². The average Bonchev–Trinajstić information content (AvgIpc) is 2.53. The summed E-state index contributed by atoms with van der Waals surface area (Å²) in [4.78, 5) is 14.2. The first-order valence-electron chi connectivity index (χ1n) is 6.49. The van der Waals surface area contributed by atoms with Crippen LogP contribution in [0, 0.1) is 11.3 Å². The number of ether oxygens (including phenoxy) is 1. The molecule has 0 bridgehead atoms. The first-order valence-corrected chi connectivity index (χ1v) is 6.49. The molecule has 3 rings (SSSR count). The van der Waals surface area contributed by atoms with Crippen LogP contribution in [0.15, 0.2) is 59.5 Å². The van der Waals surface area contributed by atoms with Gasteiger partial charge in [-0.2, -0.15) is 5.26 Å². The molecular weight excluding hydrogens is 264 g/mol. The molecule has 0 aliphatic heterocycles. The summed E-state index contributed by atoms with van der Waals surface area (Å²) in [6.07, 6.45) is 1.62. The van der Waals surface area contributed by atoms with Crippen molar-refractivity contribution in [3.63, 3.8) is 0 Å². The number of nitrogens with one attached hydrogen (secondary N) is 1. The molecule has 0 saturated carbocycles. The quantitative estimate of drug-likeness (QED) is 0.799. The van der Waals surface area contributed by atoms with Crippen LogP contribution in [0.25, 0.3) is 10.8 Å². The summed E-state index contributed by atoms with van der Waals surface area (Å²) >= 11 is 0. The van der Waals surface area contributed by atoms with E-state index in [1.54, 1.807) is 30.5 Å². The van der Waals surface area contributed by atoms with Gasteiger partial charge < -0.3 is 9.72 Å². The number of nitrogens with zero attached hydrogens (tertiary/aromatic N) is 1. The molecule has 0 atom stereocenters. The number of hydrogen-bond acceptors (Lipinski definition) is 3. The van der Waals surface area contributed by atoms with Crippen LogP contribution in [0.5, 0.6) is 5.75 Å². The van der Waals surface area contributed by atoms with E-state index in [0.717, 1.165) is 10.9 Å². The molecule has 0 radical (unpaired) electrons. The van der Waals surface area contributed by atoms with Crippen LogP contribution >= 0.6 is 0 Å². The van der Waals surface area contributed by atoms with Crippen molar-refractivity contribution in [1.82, 2.24) is 4.98 Å². The molecule has 1 N–H and O–H groups in total. The summed E-state index contributed by atoms with van der Waals surface area (Å²) in [5, 5.41) is 10.2. The minimum Gasteiger partial charge on any atom is -0.489 e. The van der Waals surface area contributed by atoms with Crippen molar-refractivity contribution in [2.45, 2.75) is 6.61 Å². The van der Waals surface area contributed by atoms with Gasteiger partial charge in [0.15, 0.2) is 0 Å². The van der Waals surface area contributed by atoms with Crippen molar-refractivity contribution in [1.29, 1.82) is 5.26 Å². The molecule has 0 spiro atoms. The molecule has 4 nitrogen and oxygen atoms in total. The second-order valence-corrected chi connectivity index (χ2v) is 4.65. The van der Waals surface area contributed by atoms with Gasteiger partial charge in [-0.3, -0.25) is 4.79 Å². The van der Waals surface area contributed by atoms with Crippen LogP contribution in [-0.2, 0) is 6.61 Å². The lowest BCUT2D eigenvalue weighted by atomic mass is 10.1. The number of fused-ring (bicyclic) bond motifs is 1. The second kappa shape index (κ2) is 5.51. The lowest BCUT2D eigenvalue weighted by Gasteiger charge is -2.07. The number of hydrogen-bond donors (Lipinski definition) is 1. The van der Waals surface area contributed by atoms with Crippen LogP contribution in [0.3, 0.4) is 0 Å². The lowest BCUT2D eigenvalue weighted by Crippen LogP contribution is -2.04. The Morgan fingerprint density at radius 2 is 1.90 bits per heavy atom. The van der Waals surface area contributed by atoms with Gasteiger partial charge in [0, 0.05) is 11.6 Å². The number of aromatic nitrogens is 1. The van der Waals surface area contributed by atoms with Crippen LogP contribution in [0.1, 0.15) is 11.1 Å². The Labute approximate surface area is 121 Å². The van der Waals surface area contributed by atoms with E-state index in [0.29, 0.717) is 23.3 Å². The maximum Gasteiger partial charge on any atom is 0.255 e. The number of nitriles is 1. The third-order valence-electron chi connectivity index (χ3n) is 3.23. The number of benzene rings is 2. The average molecular weight is 276 g/mol. The van der Waals surface area contributed by atoms with Gasteiger partial charge in [0.1, 0.15) is 12.4 Å². The maximum absolute atomic E-state index is 11.6. The third kappa shape index (κ3) is 2.77. The molecule has 21 heavy (non-hydrogen) atoms. The van der Waals surface area contributed by atoms with Gasteiger partial charge in [-0.15, -0.1) is 0 Å². The fourth-order valence-electron chi connectivity index (χ4n) is 2.10. The molecular formula is C17H12N2O2. The number of aromatic amines is 1. The highest BCUT2D eigenvalue weighted by Crippen LogP contribution is 2.19. The number of pyridine rings is 1. The van der Waals surface area contributed by atoms with E-state index in [-0.39, 0.29) is 5.56 Å². The van der Waals surface area contributed by atoms with Gasteiger partial charge in [0.05, 0.1) is 11.6 Å². The molecule has 0 aliphatic carbocycles. The maximum atomic E-state index is 11.6. The van der Waals surface area contributed by atoms with Crippen molar-refractivity contribution < 1.29 is 4.74 Å². The van der Waals surface area contributed by atoms with E-state index in [4.69, 9.17) is 10.00 Å². The molecule has 0 saturated heterocycles. The zero-order valence-corrected chi connectivity index (χ0v) is 11.2. The summed E-state index contributed by atoms with van der Waals surface area (Å²) in [5.74, 6) is 0.706. The third-order valence-corrected chi connectivity index (χ3v) is 3.23. The van der Waals surface area contributed by atoms with Gasteiger partial charge in [0.2, 0.25) is 0 Å². The highest BCUT2D eigenvalue weighted by Gasteiger charge is 2.01. The Morgan fingerprint density at radius 1 is 1.10 bits per heavy atom. The van der Waals surface area contributed by atoms with Crippen molar-refractivity contribution in [2.24, 2.45) is 0 Å². The van der Waals surface area contributed by atoms with E-state index >= 15 is 0 Å². The van der Waals surface area contributed by atoms with E-state index in [9.17, 15) is 4.79 Å². The minimum atomic E-state index is -0.105. The van der Waals surface area contributed by atoms with Gasteiger partial charge in [-0.25, -0.2) is 0 Å². The zero-order valence-electron chi connectivity index (χ0n) is 11.2. The number of rotatable bonds is 3. The zero-order chi connectivity index (χ0) is 14.7. The Kier molecular flexibility index (Phi) is 3.40. The Hall–Kier alpha value is -3.06. The Balaban J connectivity index is 1.78. The van der Waals surface area contributed by atoms with Gasteiger partial charge in [0.25, 0.3) is 5.56 Å². The Bertz CT molecular complexity index is 874. The van der Waals surface area contributed by atoms with Gasteiger partial charge in [-0.1, -0.05) is 12.1 Å². The smallest absolute Gasteiger partial charge is 0.255 e. The molecule has 4 heteroatoms. The standard InChI is InChI=1S/C17H12N2O2/c18-10-12-1-3-13(4-2-12)11-21-15-5-6-16-14(9-15)7-8-19-17(16)20/h1-9H,11H2,(H,19,20). The van der Waals surface area contributed by atoms with Gasteiger partial charge >= 0.3 is 0 Å². The van der Waals surface area contributed by atoms with Crippen LogP contribution in [0.2, 0.25) is 0 Å². The van der Waals surface area contributed by atoms with Crippen LogP contribution in [-0.4, -0.2) is 4.98 Å².